The van der Waals surface area contributed by atoms with E-state index in [0.29, 0.717) is 11.8 Å². The highest BCUT2D eigenvalue weighted by Crippen LogP contribution is 2.34. The maximum Gasteiger partial charge on any atom is 0.418 e. The van der Waals surface area contributed by atoms with Crippen molar-refractivity contribution in [1.82, 2.24) is 4.98 Å². The van der Waals surface area contributed by atoms with E-state index >= 15 is 0 Å². The van der Waals surface area contributed by atoms with Crippen LogP contribution in [0.4, 0.5) is 23.8 Å². The number of halogens is 3. The van der Waals surface area contributed by atoms with Crippen LogP contribution in [-0.2, 0) is 10.9 Å². The highest BCUT2D eigenvalue weighted by molar-refractivity contribution is 5.88. The molecular weight excluding hydrogens is 285 g/mol. The second-order valence-electron chi connectivity index (χ2n) is 4.33. The number of carbonyl (C=O) groups excluding carboxylic acids is 1. The number of fused-ring (bicyclic) bond motifs is 1. The van der Waals surface area contributed by atoms with Gasteiger partial charge in [0.05, 0.1) is 17.7 Å². The van der Waals surface area contributed by atoms with Crippen LogP contribution in [0, 0.1) is 0 Å². The van der Waals surface area contributed by atoms with Gasteiger partial charge in [-0.15, -0.1) is 0 Å². The van der Waals surface area contributed by atoms with Gasteiger partial charge in [-0.2, -0.15) is 13.2 Å². The minimum absolute atomic E-state index is 0.0142. The van der Waals surface area contributed by atoms with Crippen LogP contribution in [0.3, 0.4) is 0 Å². The number of hydrogen-bond acceptors (Lipinski definition) is 3. The number of benzene rings is 1. The molecule has 0 atom stereocenters. The van der Waals surface area contributed by atoms with Crippen LogP contribution >= 0.6 is 0 Å². The number of anilines is 1. The Balaban J connectivity index is 2.34. The standard InChI is InChI=1S/C14H13F3N2O2/c1-2-8-21-13(20)19-11-7-6-9-4-3-5-10(12(9)18-11)14(15,16)17/h3-7H,2,8H2,1H3,(H,18,19,20). The summed E-state index contributed by atoms with van der Waals surface area (Å²) in [6, 6.07) is 6.68. The second-order valence-corrected chi connectivity index (χ2v) is 4.33. The fourth-order valence-corrected chi connectivity index (χ4v) is 1.78. The van der Waals surface area contributed by atoms with Gasteiger partial charge >= 0.3 is 12.3 Å². The summed E-state index contributed by atoms with van der Waals surface area (Å²) in [5, 5.41) is 2.65. The second kappa shape index (κ2) is 5.99. The van der Waals surface area contributed by atoms with Gasteiger partial charge in [0.1, 0.15) is 5.82 Å². The maximum atomic E-state index is 12.9. The lowest BCUT2D eigenvalue weighted by atomic mass is 10.1. The molecule has 7 heteroatoms. The Bertz CT molecular complexity index is 656. The summed E-state index contributed by atoms with van der Waals surface area (Å²) in [5.41, 5.74) is -1.05. The van der Waals surface area contributed by atoms with E-state index in [4.69, 9.17) is 4.74 Å². The summed E-state index contributed by atoms with van der Waals surface area (Å²) in [4.78, 5) is 15.3. The molecule has 0 saturated carbocycles. The fourth-order valence-electron chi connectivity index (χ4n) is 1.78. The Morgan fingerprint density at radius 2 is 2.05 bits per heavy atom. The zero-order chi connectivity index (χ0) is 15.5. The average molecular weight is 298 g/mol. The van der Waals surface area contributed by atoms with Crippen molar-refractivity contribution in [2.45, 2.75) is 19.5 Å². The number of hydrogen-bond donors (Lipinski definition) is 1. The summed E-state index contributed by atoms with van der Waals surface area (Å²) in [6.45, 7) is 2.06. The van der Waals surface area contributed by atoms with Crippen molar-refractivity contribution in [3.05, 3.63) is 35.9 Å². The number of alkyl halides is 3. The van der Waals surface area contributed by atoms with Crippen LogP contribution in [-0.4, -0.2) is 17.7 Å². The number of nitrogens with zero attached hydrogens (tertiary/aromatic N) is 1. The molecule has 1 aromatic heterocycles. The number of aromatic nitrogens is 1. The van der Waals surface area contributed by atoms with Gasteiger partial charge in [0.2, 0.25) is 0 Å². The minimum atomic E-state index is -4.51. The van der Waals surface area contributed by atoms with Crippen molar-refractivity contribution in [1.29, 1.82) is 0 Å². The third kappa shape index (κ3) is 3.62. The SMILES string of the molecule is CCCOC(=O)Nc1ccc2cccc(C(F)(F)F)c2n1. The van der Waals surface area contributed by atoms with E-state index in [1.165, 1.54) is 24.3 Å². The first-order valence-corrected chi connectivity index (χ1v) is 6.32. The number of pyridine rings is 1. The van der Waals surface area contributed by atoms with E-state index in [2.05, 4.69) is 10.3 Å². The molecule has 1 amide bonds. The first-order chi connectivity index (χ1) is 9.91. The molecule has 0 unspecified atom stereocenters. The minimum Gasteiger partial charge on any atom is -0.449 e. The molecule has 21 heavy (non-hydrogen) atoms. The van der Waals surface area contributed by atoms with E-state index in [1.54, 1.807) is 0 Å². The largest absolute Gasteiger partial charge is 0.449 e. The number of rotatable bonds is 3. The van der Waals surface area contributed by atoms with Crippen molar-refractivity contribution in [3.8, 4) is 0 Å². The summed E-state index contributed by atoms with van der Waals surface area (Å²) in [7, 11) is 0. The molecule has 4 nitrogen and oxygen atoms in total. The molecule has 0 fully saturated rings. The highest BCUT2D eigenvalue weighted by atomic mass is 19.4. The maximum absolute atomic E-state index is 12.9. The molecule has 1 N–H and O–H groups in total. The molecule has 0 bridgehead atoms. The van der Waals surface area contributed by atoms with Crippen molar-refractivity contribution < 1.29 is 22.7 Å². The van der Waals surface area contributed by atoms with Crippen LogP contribution in [0.2, 0.25) is 0 Å². The van der Waals surface area contributed by atoms with Crippen LogP contribution < -0.4 is 5.32 Å². The summed E-state index contributed by atoms with van der Waals surface area (Å²) < 4.78 is 43.6. The average Bonchev–Trinajstić information content (AvgIpc) is 2.43. The van der Waals surface area contributed by atoms with E-state index < -0.39 is 17.8 Å². The topological polar surface area (TPSA) is 51.2 Å². The molecule has 1 heterocycles. The van der Waals surface area contributed by atoms with Crippen molar-refractivity contribution in [3.63, 3.8) is 0 Å². The molecule has 0 aliphatic heterocycles. The monoisotopic (exact) mass is 298 g/mol. The van der Waals surface area contributed by atoms with Crippen LogP contribution in [0.15, 0.2) is 30.3 Å². The summed E-state index contributed by atoms with van der Waals surface area (Å²) in [5.74, 6) is 0.0142. The smallest absolute Gasteiger partial charge is 0.418 e. The molecule has 2 rings (SSSR count). The van der Waals surface area contributed by atoms with Crippen molar-refractivity contribution in [2.75, 3.05) is 11.9 Å². The quantitative estimate of drug-likeness (QED) is 0.923. The fraction of sp³-hybridized carbons (Fsp3) is 0.286. The molecule has 0 radical (unpaired) electrons. The first-order valence-electron chi connectivity index (χ1n) is 6.32. The van der Waals surface area contributed by atoms with E-state index in [-0.39, 0.29) is 17.9 Å². The molecule has 0 aliphatic rings. The van der Waals surface area contributed by atoms with Crippen molar-refractivity contribution in [2.24, 2.45) is 0 Å². The first kappa shape index (κ1) is 15.1. The molecule has 0 aliphatic carbocycles. The number of para-hydroxylation sites is 1. The van der Waals surface area contributed by atoms with Crippen molar-refractivity contribution >= 4 is 22.8 Å². The Morgan fingerprint density at radius 3 is 2.71 bits per heavy atom. The van der Waals surface area contributed by atoms with Crippen LogP contribution in [0.1, 0.15) is 18.9 Å². The molecule has 112 valence electrons. The number of amides is 1. The normalized spacial score (nSPS) is 11.4. The Hall–Kier alpha value is -2.31. The summed E-state index contributed by atoms with van der Waals surface area (Å²) in [6.07, 6.45) is -4.60. The van der Waals surface area contributed by atoms with Gasteiger partial charge in [-0.3, -0.25) is 5.32 Å². The van der Waals surface area contributed by atoms with Crippen LogP contribution in [0.25, 0.3) is 10.9 Å². The predicted molar refractivity (Wildman–Crippen MR) is 72.0 cm³/mol. The van der Waals surface area contributed by atoms with E-state index in [1.807, 2.05) is 6.92 Å². The number of ether oxygens (including phenoxy) is 1. The predicted octanol–water partition coefficient (Wildman–Crippen LogP) is 4.21. The lowest BCUT2D eigenvalue weighted by Crippen LogP contribution is -2.15. The zero-order valence-electron chi connectivity index (χ0n) is 11.2. The Kier molecular flexibility index (Phi) is 4.30. The van der Waals surface area contributed by atoms with Gasteiger partial charge in [-0.05, 0) is 24.6 Å². The summed E-state index contributed by atoms with van der Waals surface area (Å²) >= 11 is 0. The third-order valence-corrected chi connectivity index (χ3v) is 2.69. The molecule has 0 spiro atoms. The Morgan fingerprint density at radius 1 is 1.29 bits per heavy atom. The number of carbonyl (C=O) groups is 1. The van der Waals surface area contributed by atoms with Gasteiger partial charge in [0, 0.05) is 5.39 Å². The molecule has 2 aromatic rings. The lowest BCUT2D eigenvalue weighted by Gasteiger charge is -2.11. The van der Waals surface area contributed by atoms with Gasteiger partial charge in [-0.25, -0.2) is 9.78 Å². The molecular formula is C14H13F3N2O2. The van der Waals surface area contributed by atoms with Gasteiger partial charge in [-0.1, -0.05) is 19.1 Å². The van der Waals surface area contributed by atoms with Gasteiger partial charge < -0.3 is 4.74 Å². The number of nitrogens with one attached hydrogen (secondary N) is 1. The molecule has 1 aromatic carbocycles. The van der Waals surface area contributed by atoms with Gasteiger partial charge in [0.15, 0.2) is 0 Å². The zero-order valence-corrected chi connectivity index (χ0v) is 11.2. The van der Waals surface area contributed by atoms with E-state index in [9.17, 15) is 18.0 Å². The van der Waals surface area contributed by atoms with Gasteiger partial charge in [0.25, 0.3) is 0 Å². The third-order valence-electron chi connectivity index (χ3n) is 2.69. The van der Waals surface area contributed by atoms with Crippen LogP contribution in [0.5, 0.6) is 0 Å². The highest BCUT2D eigenvalue weighted by Gasteiger charge is 2.33. The molecule has 0 saturated heterocycles. The Labute approximate surface area is 118 Å². The van der Waals surface area contributed by atoms with E-state index in [0.717, 1.165) is 6.07 Å². The lowest BCUT2D eigenvalue weighted by molar-refractivity contribution is -0.136.